The van der Waals surface area contributed by atoms with Crippen LogP contribution in [0.5, 0.6) is 0 Å². The number of carbonyl (C=O) groups excluding carboxylic acids is 1. The number of aryl methyl sites for hydroxylation is 1. The smallest absolute Gasteiger partial charge is 0.274 e. The van der Waals surface area contributed by atoms with Gasteiger partial charge in [-0.3, -0.25) is 10.1 Å². The topological polar surface area (TPSA) is 46.9 Å². The van der Waals surface area contributed by atoms with Gasteiger partial charge in [0.05, 0.1) is 0 Å². The molecule has 2 heterocycles. The quantitative estimate of drug-likeness (QED) is 0.885. The first-order chi connectivity index (χ1) is 8.31. The van der Waals surface area contributed by atoms with Crippen molar-refractivity contribution in [3.8, 4) is 0 Å². The molecule has 4 nitrogen and oxygen atoms in total. The monoisotopic (exact) mass is 249 g/mol. The Morgan fingerprint density at radius 3 is 3.18 bits per heavy atom. The SMILES string of the molecule is CCCCn1cccc1C(=O)Nc1nccs1. The summed E-state index contributed by atoms with van der Waals surface area (Å²) < 4.78 is 1.98. The Labute approximate surface area is 104 Å². The molecular formula is C12H15N3OS. The molecule has 2 aromatic heterocycles. The molecule has 0 aliphatic rings. The molecule has 0 saturated heterocycles. The molecule has 0 aliphatic carbocycles. The minimum Gasteiger partial charge on any atom is -0.344 e. The molecule has 0 aromatic carbocycles. The van der Waals surface area contributed by atoms with Crippen molar-refractivity contribution in [2.75, 3.05) is 5.32 Å². The number of carbonyl (C=O) groups is 1. The van der Waals surface area contributed by atoms with E-state index in [0.717, 1.165) is 19.4 Å². The summed E-state index contributed by atoms with van der Waals surface area (Å²) in [6, 6.07) is 3.73. The number of hydrogen-bond donors (Lipinski definition) is 1. The van der Waals surface area contributed by atoms with Crippen molar-refractivity contribution in [1.82, 2.24) is 9.55 Å². The van der Waals surface area contributed by atoms with Crippen molar-refractivity contribution in [1.29, 1.82) is 0 Å². The Hall–Kier alpha value is -1.62. The predicted molar refractivity (Wildman–Crippen MR) is 69.4 cm³/mol. The molecule has 0 radical (unpaired) electrons. The fraction of sp³-hybridized carbons (Fsp3) is 0.333. The van der Waals surface area contributed by atoms with Crippen LogP contribution in [0.15, 0.2) is 29.9 Å². The van der Waals surface area contributed by atoms with Gasteiger partial charge in [-0.25, -0.2) is 4.98 Å². The van der Waals surface area contributed by atoms with E-state index < -0.39 is 0 Å². The molecule has 5 heteroatoms. The normalized spacial score (nSPS) is 10.4. The van der Waals surface area contributed by atoms with Crippen LogP contribution in [0.2, 0.25) is 0 Å². The zero-order valence-electron chi connectivity index (χ0n) is 9.72. The highest BCUT2D eigenvalue weighted by atomic mass is 32.1. The van der Waals surface area contributed by atoms with Gasteiger partial charge in [0.1, 0.15) is 5.69 Å². The predicted octanol–water partition coefficient (Wildman–Crippen LogP) is 3.00. The van der Waals surface area contributed by atoms with Gasteiger partial charge in [-0.2, -0.15) is 0 Å². The first-order valence-electron chi connectivity index (χ1n) is 5.67. The van der Waals surface area contributed by atoms with E-state index in [4.69, 9.17) is 0 Å². The maximum absolute atomic E-state index is 12.0. The van der Waals surface area contributed by atoms with Crippen LogP contribution in [0.1, 0.15) is 30.3 Å². The molecule has 1 amide bonds. The molecule has 0 atom stereocenters. The summed E-state index contributed by atoms with van der Waals surface area (Å²) in [5.41, 5.74) is 0.689. The summed E-state index contributed by atoms with van der Waals surface area (Å²) in [6.07, 6.45) is 5.81. The third-order valence-corrected chi connectivity index (χ3v) is 3.16. The molecule has 2 aromatic rings. The van der Waals surface area contributed by atoms with Crippen LogP contribution < -0.4 is 5.32 Å². The van der Waals surface area contributed by atoms with E-state index in [9.17, 15) is 4.79 Å². The highest BCUT2D eigenvalue weighted by molar-refractivity contribution is 7.13. The average molecular weight is 249 g/mol. The number of aromatic nitrogens is 2. The minimum atomic E-state index is -0.0962. The van der Waals surface area contributed by atoms with Crippen LogP contribution in [0.25, 0.3) is 0 Å². The van der Waals surface area contributed by atoms with Crippen LogP contribution >= 0.6 is 11.3 Å². The van der Waals surface area contributed by atoms with Crippen molar-refractivity contribution in [3.63, 3.8) is 0 Å². The molecule has 0 aliphatic heterocycles. The van der Waals surface area contributed by atoms with Crippen molar-refractivity contribution < 1.29 is 4.79 Å². The zero-order chi connectivity index (χ0) is 12.1. The van der Waals surface area contributed by atoms with Crippen molar-refractivity contribution in [2.45, 2.75) is 26.3 Å². The summed E-state index contributed by atoms with van der Waals surface area (Å²) in [6.45, 7) is 3.02. The number of nitrogens with zero attached hydrogens (tertiary/aromatic N) is 2. The molecule has 1 N–H and O–H groups in total. The molecule has 0 fully saturated rings. The van der Waals surface area contributed by atoms with E-state index in [2.05, 4.69) is 17.2 Å². The highest BCUT2D eigenvalue weighted by Crippen LogP contribution is 2.13. The number of nitrogens with one attached hydrogen (secondary N) is 1. The molecule has 0 spiro atoms. The Balaban J connectivity index is 2.06. The minimum absolute atomic E-state index is 0.0962. The number of hydrogen-bond acceptors (Lipinski definition) is 3. The molecule has 0 saturated carbocycles. The van der Waals surface area contributed by atoms with Gasteiger partial charge < -0.3 is 4.57 Å². The first kappa shape index (κ1) is 11.9. The van der Waals surface area contributed by atoms with Gasteiger partial charge in [-0.05, 0) is 18.6 Å². The summed E-state index contributed by atoms with van der Waals surface area (Å²) in [5, 5.41) is 5.27. The fourth-order valence-electron chi connectivity index (χ4n) is 1.59. The van der Waals surface area contributed by atoms with Crippen molar-refractivity contribution >= 4 is 22.4 Å². The second-order valence-corrected chi connectivity index (χ2v) is 4.63. The van der Waals surface area contributed by atoms with E-state index in [1.54, 1.807) is 6.20 Å². The Kier molecular flexibility index (Phi) is 3.93. The van der Waals surface area contributed by atoms with Gasteiger partial charge in [0.15, 0.2) is 5.13 Å². The van der Waals surface area contributed by atoms with Gasteiger partial charge in [0.2, 0.25) is 0 Å². The maximum atomic E-state index is 12.0. The number of amides is 1. The molecule has 0 bridgehead atoms. The summed E-state index contributed by atoms with van der Waals surface area (Å²) in [7, 11) is 0. The number of unbranched alkanes of at least 4 members (excludes halogenated alkanes) is 1. The molecule has 0 unspecified atom stereocenters. The first-order valence-corrected chi connectivity index (χ1v) is 6.55. The van der Waals surface area contributed by atoms with Crippen LogP contribution in [0, 0.1) is 0 Å². The van der Waals surface area contributed by atoms with Crippen LogP contribution in [0.3, 0.4) is 0 Å². The lowest BCUT2D eigenvalue weighted by atomic mass is 10.3. The lowest BCUT2D eigenvalue weighted by Gasteiger charge is -2.07. The second-order valence-electron chi connectivity index (χ2n) is 3.73. The average Bonchev–Trinajstić information content (AvgIpc) is 2.96. The van der Waals surface area contributed by atoms with E-state index in [1.807, 2.05) is 28.3 Å². The van der Waals surface area contributed by atoms with Gasteiger partial charge in [-0.15, -0.1) is 11.3 Å². The molecule has 90 valence electrons. The molecule has 2 rings (SSSR count). The van der Waals surface area contributed by atoms with E-state index in [1.165, 1.54) is 11.3 Å². The second kappa shape index (κ2) is 5.63. The van der Waals surface area contributed by atoms with E-state index >= 15 is 0 Å². The van der Waals surface area contributed by atoms with Crippen LogP contribution in [0.4, 0.5) is 5.13 Å². The summed E-state index contributed by atoms with van der Waals surface area (Å²) >= 11 is 1.42. The summed E-state index contributed by atoms with van der Waals surface area (Å²) in [4.78, 5) is 16.0. The Morgan fingerprint density at radius 1 is 1.59 bits per heavy atom. The van der Waals surface area contributed by atoms with Crippen molar-refractivity contribution in [2.24, 2.45) is 0 Å². The van der Waals surface area contributed by atoms with Gasteiger partial charge in [0.25, 0.3) is 5.91 Å². The van der Waals surface area contributed by atoms with E-state index in [-0.39, 0.29) is 5.91 Å². The van der Waals surface area contributed by atoms with E-state index in [0.29, 0.717) is 10.8 Å². The lowest BCUT2D eigenvalue weighted by Crippen LogP contribution is -2.16. The third kappa shape index (κ3) is 2.94. The molecule has 17 heavy (non-hydrogen) atoms. The lowest BCUT2D eigenvalue weighted by molar-refractivity contribution is 0.101. The molecular weight excluding hydrogens is 234 g/mol. The third-order valence-electron chi connectivity index (χ3n) is 2.47. The van der Waals surface area contributed by atoms with Crippen LogP contribution in [-0.4, -0.2) is 15.5 Å². The highest BCUT2D eigenvalue weighted by Gasteiger charge is 2.11. The largest absolute Gasteiger partial charge is 0.344 e. The Bertz CT molecular complexity index is 476. The van der Waals surface area contributed by atoms with Gasteiger partial charge in [0, 0.05) is 24.3 Å². The number of thiazole rings is 1. The fourth-order valence-corrected chi connectivity index (χ4v) is 2.11. The maximum Gasteiger partial charge on any atom is 0.274 e. The van der Waals surface area contributed by atoms with Crippen LogP contribution in [-0.2, 0) is 6.54 Å². The number of anilines is 1. The van der Waals surface area contributed by atoms with Gasteiger partial charge in [-0.1, -0.05) is 13.3 Å². The Morgan fingerprint density at radius 2 is 2.47 bits per heavy atom. The zero-order valence-corrected chi connectivity index (χ0v) is 10.5. The van der Waals surface area contributed by atoms with Crippen molar-refractivity contribution in [3.05, 3.63) is 35.6 Å². The summed E-state index contributed by atoms with van der Waals surface area (Å²) in [5.74, 6) is -0.0962. The van der Waals surface area contributed by atoms with Gasteiger partial charge >= 0.3 is 0 Å². The number of rotatable bonds is 5. The standard InChI is InChI=1S/C12H15N3OS/c1-2-3-7-15-8-4-5-10(15)11(16)14-12-13-6-9-17-12/h4-6,8-9H,2-3,7H2,1H3,(H,13,14,16).